The van der Waals surface area contributed by atoms with Crippen LogP contribution in [0.1, 0.15) is 11.1 Å². The molecule has 0 fully saturated rings. The van der Waals surface area contributed by atoms with Crippen LogP contribution < -0.4 is 19.8 Å². The number of halogens is 1. The summed E-state index contributed by atoms with van der Waals surface area (Å²) in [5.74, 6) is -0.330. The summed E-state index contributed by atoms with van der Waals surface area (Å²) >= 11 is 3.34. The van der Waals surface area contributed by atoms with Crippen LogP contribution in [0, 0.1) is 0 Å². The highest BCUT2D eigenvalue weighted by Gasteiger charge is 2.27. The van der Waals surface area contributed by atoms with Crippen molar-refractivity contribution in [3.8, 4) is 5.75 Å². The van der Waals surface area contributed by atoms with Gasteiger partial charge in [0.1, 0.15) is 12.3 Å². The number of anilines is 1. The Kier molecular flexibility index (Phi) is 10.8. The molecular weight excluding hydrogens is 620 g/mol. The largest absolute Gasteiger partial charge is 0.484 e. The van der Waals surface area contributed by atoms with Gasteiger partial charge in [0.25, 0.3) is 21.8 Å². The van der Waals surface area contributed by atoms with Crippen LogP contribution in [0.2, 0.25) is 0 Å². The molecule has 0 aliphatic heterocycles. The molecule has 0 bridgehead atoms. The second kappa shape index (κ2) is 14.9. The van der Waals surface area contributed by atoms with E-state index in [4.69, 9.17) is 4.74 Å². The summed E-state index contributed by atoms with van der Waals surface area (Å²) < 4.78 is 34.0. The number of sulfonamides is 1. The molecule has 0 spiro atoms. The van der Waals surface area contributed by atoms with Crippen LogP contribution in [0.4, 0.5) is 5.69 Å². The van der Waals surface area contributed by atoms with Crippen LogP contribution in [0.25, 0.3) is 0 Å². The predicted octanol–water partition coefficient (Wildman–Crippen LogP) is 4.53. The zero-order valence-corrected chi connectivity index (χ0v) is 24.9. The van der Waals surface area contributed by atoms with E-state index in [2.05, 4.69) is 31.8 Å². The number of nitrogens with zero attached hydrogens (tertiary/aromatic N) is 2. The maximum Gasteiger partial charge on any atom is 0.264 e. The van der Waals surface area contributed by atoms with Gasteiger partial charge in [-0.15, -0.1) is 0 Å². The number of carbonyl (C=O) groups excluding carboxylic acids is 2. The van der Waals surface area contributed by atoms with Gasteiger partial charge in [0, 0.05) is 11.0 Å². The van der Waals surface area contributed by atoms with E-state index in [1.165, 1.54) is 18.3 Å². The molecule has 4 aromatic carbocycles. The topological polar surface area (TPSA) is 117 Å². The molecule has 4 aromatic rings. The second-order valence-electron chi connectivity index (χ2n) is 9.04. The first kappa shape index (κ1) is 30.5. The van der Waals surface area contributed by atoms with Gasteiger partial charge in [-0.1, -0.05) is 64.5 Å². The van der Waals surface area contributed by atoms with Crippen molar-refractivity contribution >= 4 is 49.7 Å². The number of hydrogen-bond acceptors (Lipinski definition) is 6. The highest BCUT2D eigenvalue weighted by molar-refractivity contribution is 9.10. The van der Waals surface area contributed by atoms with Crippen molar-refractivity contribution in [1.82, 2.24) is 10.7 Å². The molecule has 2 N–H and O–H groups in total. The Morgan fingerprint density at radius 1 is 0.833 bits per heavy atom. The van der Waals surface area contributed by atoms with Crippen LogP contribution in [-0.4, -0.2) is 46.1 Å². The number of hydrazone groups is 1. The predicted molar refractivity (Wildman–Crippen MR) is 166 cm³/mol. The molecule has 2 amide bonds. The maximum absolute atomic E-state index is 13.3. The molecular formula is C31H29BrN4O5S. The molecule has 0 heterocycles. The zero-order chi connectivity index (χ0) is 29.8. The molecule has 0 saturated carbocycles. The van der Waals surface area contributed by atoms with Crippen molar-refractivity contribution in [3.05, 3.63) is 125 Å². The summed E-state index contributed by atoms with van der Waals surface area (Å²) in [6, 6.07) is 31.2. The number of ether oxygens (including phenoxy) is 1. The fourth-order valence-electron chi connectivity index (χ4n) is 3.83. The highest BCUT2D eigenvalue weighted by atomic mass is 79.9. The van der Waals surface area contributed by atoms with Crippen LogP contribution in [-0.2, 0) is 26.0 Å². The van der Waals surface area contributed by atoms with Gasteiger partial charge in [-0.3, -0.25) is 13.9 Å². The minimum atomic E-state index is -4.01. The molecule has 0 aromatic heterocycles. The maximum atomic E-state index is 13.3. The number of carbonyl (C=O) groups is 2. The van der Waals surface area contributed by atoms with Crippen LogP contribution >= 0.6 is 15.9 Å². The molecule has 9 nitrogen and oxygen atoms in total. The number of amides is 2. The van der Waals surface area contributed by atoms with Crippen molar-refractivity contribution in [3.63, 3.8) is 0 Å². The molecule has 11 heteroatoms. The van der Waals surface area contributed by atoms with Gasteiger partial charge in [-0.25, -0.2) is 13.8 Å². The van der Waals surface area contributed by atoms with E-state index in [1.807, 2.05) is 30.3 Å². The first-order valence-corrected chi connectivity index (χ1v) is 15.2. The summed E-state index contributed by atoms with van der Waals surface area (Å²) in [6.07, 6.45) is 2.16. The van der Waals surface area contributed by atoms with Crippen molar-refractivity contribution < 1.29 is 22.7 Å². The van der Waals surface area contributed by atoms with Gasteiger partial charge in [0.2, 0.25) is 0 Å². The summed E-state index contributed by atoms with van der Waals surface area (Å²) in [4.78, 5) is 24.9. The molecule has 216 valence electrons. The van der Waals surface area contributed by atoms with Crippen molar-refractivity contribution in [1.29, 1.82) is 0 Å². The second-order valence-corrected chi connectivity index (χ2v) is 11.8. The Morgan fingerprint density at radius 2 is 1.48 bits per heavy atom. The Balaban J connectivity index is 1.28. The first-order chi connectivity index (χ1) is 20.3. The Hall–Kier alpha value is -4.48. The van der Waals surface area contributed by atoms with E-state index in [0.717, 1.165) is 20.8 Å². The van der Waals surface area contributed by atoms with Crippen LogP contribution in [0.5, 0.6) is 5.75 Å². The molecule has 0 aliphatic carbocycles. The average molecular weight is 650 g/mol. The summed E-state index contributed by atoms with van der Waals surface area (Å²) in [6.45, 7) is -0.0676. The third-order valence-corrected chi connectivity index (χ3v) is 8.28. The summed E-state index contributed by atoms with van der Waals surface area (Å²) in [7, 11) is -4.01. The molecule has 0 aliphatic rings. The molecule has 0 unspecified atom stereocenters. The molecule has 4 rings (SSSR count). The quantitative estimate of drug-likeness (QED) is 0.163. The fourth-order valence-corrected chi connectivity index (χ4v) is 5.53. The smallest absolute Gasteiger partial charge is 0.264 e. The number of benzene rings is 4. The minimum absolute atomic E-state index is 0.0659. The van der Waals surface area contributed by atoms with E-state index < -0.39 is 22.5 Å². The van der Waals surface area contributed by atoms with Crippen LogP contribution in [0.15, 0.2) is 124 Å². The summed E-state index contributed by atoms with van der Waals surface area (Å²) in [5, 5.41) is 6.79. The lowest BCUT2D eigenvalue weighted by Gasteiger charge is -2.23. The SMILES string of the molecule is O=C(COc1ccc(/C=N/NC(=O)CN(c2ccc(Br)cc2)S(=O)(=O)c2ccccc2)cc1)NCCc1ccccc1. The van der Waals surface area contributed by atoms with E-state index in [-0.39, 0.29) is 17.4 Å². The fraction of sp³-hybridized carbons (Fsp3) is 0.129. The third-order valence-electron chi connectivity index (χ3n) is 5.96. The number of hydrogen-bond donors (Lipinski definition) is 2. The van der Waals surface area contributed by atoms with Crippen molar-refractivity contribution in [2.24, 2.45) is 5.10 Å². The lowest BCUT2D eigenvalue weighted by molar-refractivity contribution is -0.123. The van der Waals surface area contributed by atoms with Gasteiger partial charge < -0.3 is 10.1 Å². The molecule has 42 heavy (non-hydrogen) atoms. The lowest BCUT2D eigenvalue weighted by Crippen LogP contribution is -2.39. The van der Waals surface area contributed by atoms with Gasteiger partial charge >= 0.3 is 0 Å². The lowest BCUT2D eigenvalue weighted by atomic mass is 10.1. The van der Waals surface area contributed by atoms with Gasteiger partial charge in [0.15, 0.2) is 6.61 Å². The molecule has 0 radical (unpaired) electrons. The molecule has 0 atom stereocenters. The van der Waals surface area contributed by atoms with Gasteiger partial charge in [0.05, 0.1) is 16.8 Å². The van der Waals surface area contributed by atoms with Gasteiger partial charge in [-0.2, -0.15) is 5.10 Å². The normalized spacial score (nSPS) is 11.2. The van der Waals surface area contributed by atoms with Crippen LogP contribution in [0.3, 0.4) is 0 Å². The average Bonchev–Trinajstić information content (AvgIpc) is 3.01. The first-order valence-electron chi connectivity index (χ1n) is 13.0. The van der Waals surface area contributed by atoms with Crippen molar-refractivity contribution in [2.75, 3.05) is 24.0 Å². The zero-order valence-electron chi connectivity index (χ0n) is 22.5. The highest BCUT2D eigenvalue weighted by Crippen LogP contribution is 2.25. The Morgan fingerprint density at radius 3 is 2.14 bits per heavy atom. The number of nitrogens with one attached hydrogen (secondary N) is 2. The minimum Gasteiger partial charge on any atom is -0.484 e. The van der Waals surface area contributed by atoms with Gasteiger partial charge in [-0.05, 0) is 78.2 Å². The third kappa shape index (κ3) is 9.02. The molecule has 0 saturated heterocycles. The van der Waals surface area contributed by atoms with Crippen molar-refractivity contribution in [2.45, 2.75) is 11.3 Å². The number of rotatable bonds is 13. The Bertz CT molecular complexity index is 1600. The van der Waals surface area contributed by atoms with E-state index in [1.54, 1.807) is 66.7 Å². The standard InChI is InChI=1S/C31H29BrN4O5S/c32-26-13-15-27(16-14-26)36(42(39,40)29-9-5-2-6-10-29)22-30(37)35-34-21-25-11-17-28(18-12-25)41-23-31(38)33-20-19-24-7-3-1-4-8-24/h1-18,21H,19-20,22-23H2,(H,33,38)(H,35,37)/b34-21+. The van der Waals surface area contributed by atoms with E-state index in [0.29, 0.717) is 23.5 Å². The monoisotopic (exact) mass is 648 g/mol. The van der Waals surface area contributed by atoms with E-state index in [9.17, 15) is 18.0 Å². The summed E-state index contributed by atoms with van der Waals surface area (Å²) in [5.41, 5.74) is 4.53. The Labute approximate surface area is 253 Å². The van der Waals surface area contributed by atoms with E-state index >= 15 is 0 Å².